The molecule has 7 nitrogen and oxygen atoms in total. The van der Waals surface area contributed by atoms with Crippen LogP contribution >= 0.6 is 0 Å². The molecule has 0 spiro atoms. The third-order valence-corrected chi connectivity index (χ3v) is 7.16. The van der Waals surface area contributed by atoms with Crippen LogP contribution in [0, 0.1) is 5.92 Å². The van der Waals surface area contributed by atoms with Crippen molar-refractivity contribution in [3.05, 3.63) is 35.4 Å². The second kappa shape index (κ2) is 10.9. The van der Waals surface area contributed by atoms with Crippen LogP contribution in [0.4, 0.5) is 17.6 Å². The summed E-state index contributed by atoms with van der Waals surface area (Å²) < 4.78 is 59.9. The molecule has 5 atom stereocenters. The van der Waals surface area contributed by atoms with Crippen molar-refractivity contribution in [1.82, 2.24) is 20.9 Å². The number of hydrogen-bond acceptors (Lipinski definition) is 6. The van der Waals surface area contributed by atoms with Gasteiger partial charge in [0.2, 0.25) is 5.91 Å². The first-order valence-electron chi connectivity index (χ1n) is 11.9. The number of nitrogens with one attached hydrogen (secondary N) is 3. The van der Waals surface area contributed by atoms with E-state index in [9.17, 15) is 18.0 Å². The van der Waals surface area contributed by atoms with Gasteiger partial charge in [0.1, 0.15) is 0 Å². The molecule has 3 heterocycles. The van der Waals surface area contributed by atoms with Crippen LogP contribution in [0.1, 0.15) is 49.3 Å². The third-order valence-electron chi connectivity index (χ3n) is 7.16. The zero-order valence-corrected chi connectivity index (χ0v) is 19.0. The van der Waals surface area contributed by atoms with Gasteiger partial charge in [-0.25, -0.2) is 4.39 Å². The van der Waals surface area contributed by atoms with Gasteiger partial charge in [0.05, 0.1) is 23.9 Å². The number of amides is 1. The summed E-state index contributed by atoms with van der Waals surface area (Å²) in [5.74, 6) is -0.226. The number of rotatable bonds is 7. The molecule has 4 unspecified atom stereocenters. The van der Waals surface area contributed by atoms with E-state index in [0.717, 1.165) is 43.4 Å². The lowest BCUT2D eigenvalue weighted by molar-refractivity contribution is -0.137. The molecule has 190 valence electrons. The number of nitrogens with zero attached hydrogens (tertiary/aromatic N) is 1. The predicted molar refractivity (Wildman–Crippen MR) is 118 cm³/mol. The van der Waals surface area contributed by atoms with Gasteiger partial charge >= 0.3 is 6.18 Å². The lowest BCUT2D eigenvalue weighted by atomic mass is 9.92. The van der Waals surface area contributed by atoms with Gasteiger partial charge in [-0.15, -0.1) is 0 Å². The van der Waals surface area contributed by atoms with E-state index in [2.05, 4.69) is 16.0 Å². The number of ether oxygens (including phenoxy) is 1. The zero-order valence-electron chi connectivity index (χ0n) is 19.0. The van der Waals surface area contributed by atoms with Crippen LogP contribution in [-0.2, 0) is 15.7 Å². The fraction of sp³-hybridized carbons (Fsp3) is 0.696. The smallest absolute Gasteiger partial charge is 0.381 e. The van der Waals surface area contributed by atoms with Gasteiger partial charge in [-0.3, -0.25) is 25.6 Å². The minimum Gasteiger partial charge on any atom is -0.381 e. The minimum atomic E-state index is -4.39. The van der Waals surface area contributed by atoms with E-state index in [4.69, 9.17) is 10.5 Å². The van der Waals surface area contributed by atoms with Crippen LogP contribution in [0.2, 0.25) is 0 Å². The van der Waals surface area contributed by atoms with E-state index in [1.807, 2.05) is 4.90 Å². The molecule has 0 bridgehead atoms. The van der Waals surface area contributed by atoms with Crippen molar-refractivity contribution in [3.63, 3.8) is 0 Å². The van der Waals surface area contributed by atoms with E-state index < -0.39 is 42.2 Å². The summed E-state index contributed by atoms with van der Waals surface area (Å²) in [5, 5.41) is 9.28. The monoisotopic (exact) mass is 487 g/mol. The van der Waals surface area contributed by atoms with Crippen LogP contribution in [0.25, 0.3) is 0 Å². The molecular formula is C23H33F4N5O2. The summed E-state index contributed by atoms with van der Waals surface area (Å²) in [4.78, 5) is 14.1. The Morgan fingerprint density at radius 2 is 1.88 bits per heavy atom. The molecular weight excluding hydrogens is 454 g/mol. The summed E-state index contributed by atoms with van der Waals surface area (Å²) in [6, 6.07) is 4.26. The van der Waals surface area contributed by atoms with Gasteiger partial charge in [0, 0.05) is 32.5 Å². The third kappa shape index (κ3) is 5.88. The predicted octanol–water partition coefficient (Wildman–Crippen LogP) is 2.24. The topological polar surface area (TPSA) is 91.7 Å². The second-order valence-electron chi connectivity index (χ2n) is 9.38. The largest absolute Gasteiger partial charge is 0.416 e. The van der Waals surface area contributed by atoms with Crippen LogP contribution in [0.3, 0.4) is 0 Å². The molecule has 3 aliphatic heterocycles. The summed E-state index contributed by atoms with van der Waals surface area (Å²) in [6.45, 7) is 2.24. The molecule has 3 fully saturated rings. The van der Waals surface area contributed by atoms with Crippen LogP contribution in [0.5, 0.6) is 0 Å². The number of carbonyl (C=O) groups is 1. The van der Waals surface area contributed by atoms with Gasteiger partial charge in [0.25, 0.3) is 0 Å². The highest BCUT2D eigenvalue weighted by molar-refractivity contribution is 5.79. The highest BCUT2D eigenvalue weighted by atomic mass is 19.4. The Kier molecular flexibility index (Phi) is 8.08. The Morgan fingerprint density at radius 1 is 1.18 bits per heavy atom. The second-order valence-corrected chi connectivity index (χ2v) is 9.38. The summed E-state index contributed by atoms with van der Waals surface area (Å²) in [7, 11) is 0. The molecule has 11 heteroatoms. The highest BCUT2D eigenvalue weighted by Gasteiger charge is 2.43. The molecule has 1 aromatic carbocycles. The number of carbonyl (C=O) groups excluding carboxylic acids is 1. The summed E-state index contributed by atoms with van der Waals surface area (Å²) in [5.41, 5.74) is 5.66. The SMILES string of the molecule is NC(=O)[C@@H](CC1CCOCC1)NC1NCNC(N2CCCC2c2ccc(C(F)(F)F)cc2)C1F. The first-order chi connectivity index (χ1) is 16.2. The van der Waals surface area contributed by atoms with E-state index in [0.29, 0.717) is 32.8 Å². The number of alkyl halides is 4. The molecule has 5 N–H and O–H groups in total. The standard InChI is InChI=1S/C23H33F4N5O2/c24-19-21(31-17(20(28)33)12-14-7-10-34-11-8-14)29-13-30-22(19)32-9-1-2-18(32)15-3-5-16(6-4-15)23(25,26)27/h3-6,14,17-19,21-22,29-31H,1-2,7-13H2,(H2,28,33)/t17-,18?,19?,21?,22?/m1/s1. The van der Waals surface area contributed by atoms with Gasteiger partial charge in [-0.05, 0) is 55.7 Å². The zero-order chi connectivity index (χ0) is 24.3. The Morgan fingerprint density at radius 3 is 2.53 bits per heavy atom. The molecule has 4 rings (SSSR count). The molecule has 1 aromatic rings. The van der Waals surface area contributed by atoms with Gasteiger partial charge < -0.3 is 10.5 Å². The molecule has 0 aromatic heterocycles. The quantitative estimate of drug-likeness (QED) is 0.441. The summed E-state index contributed by atoms with van der Waals surface area (Å²) in [6.07, 6.45) is -3.46. The fourth-order valence-electron chi connectivity index (χ4n) is 5.30. The Hall–Kier alpha value is -1.79. The van der Waals surface area contributed by atoms with E-state index >= 15 is 4.39 Å². The number of nitrogens with two attached hydrogens (primary N) is 1. The van der Waals surface area contributed by atoms with Crippen molar-refractivity contribution < 1.29 is 27.1 Å². The molecule has 0 aliphatic carbocycles. The lowest BCUT2D eigenvalue weighted by Gasteiger charge is -2.43. The maximum Gasteiger partial charge on any atom is 0.416 e. The Balaban J connectivity index is 1.43. The van der Waals surface area contributed by atoms with Crippen molar-refractivity contribution in [2.75, 3.05) is 26.4 Å². The van der Waals surface area contributed by atoms with E-state index in [1.165, 1.54) is 12.1 Å². The maximum absolute atomic E-state index is 15.7. The first-order valence-corrected chi connectivity index (χ1v) is 11.9. The van der Waals surface area contributed by atoms with Crippen molar-refractivity contribution in [1.29, 1.82) is 0 Å². The van der Waals surface area contributed by atoms with Crippen LogP contribution in [-0.4, -0.2) is 61.8 Å². The Labute approximate surface area is 196 Å². The van der Waals surface area contributed by atoms with E-state index in [1.54, 1.807) is 0 Å². The average molecular weight is 488 g/mol. The molecule has 3 saturated heterocycles. The van der Waals surface area contributed by atoms with Crippen molar-refractivity contribution in [2.45, 2.75) is 68.9 Å². The normalized spacial score (nSPS) is 30.4. The van der Waals surface area contributed by atoms with Crippen LogP contribution < -0.4 is 21.7 Å². The lowest BCUT2D eigenvalue weighted by Crippen LogP contribution is -2.70. The molecule has 1 amide bonds. The number of benzene rings is 1. The molecule has 0 saturated carbocycles. The van der Waals surface area contributed by atoms with Gasteiger partial charge in [-0.1, -0.05) is 12.1 Å². The van der Waals surface area contributed by atoms with Crippen molar-refractivity contribution in [3.8, 4) is 0 Å². The van der Waals surface area contributed by atoms with Crippen molar-refractivity contribution in [2.24, 2.45) is 11.7 Å². The van der Waals surface area contributed by atoms with Gasteiger partial charge in [0.15, 0.2) is 6.17 Å². The minimum absolute atomic E-state index is 0.189. The molecule has 0 radical (unpaired) electrons. The average Bonchev–Trinajstić information content (AvgIpc) is 3.29. The van der Waals surface area contributed by atoms with Gasteiger partial charge in [-0.2, -0.15) is 13.2 Å². The summed E-state index contributed by atoms with van der Waals surface area (Å²) >= 11 is 0. The molecule has 3 aliphatic rings. The molecule has 34 heavy (non-hydrogen) atoms. The number of halogens is 4. The number of likely N-dealkylation sites (tertiary alicyclic amines) is 1. The number of hydrogen-bond donors (Lipinski definition) is 4. The Bertz CT molecular complexity index is 819. The number of primary amides is 1. The van der Waals surface area contributed by atoms with Crippen LogP contribution in [0.15, 0.2) is 24.3 Å². The first kappa shape index (κ1) is 25.3. The maximum atomic E-state index is 15.7. The highest BCUT2D eigenvalue weighted by Crippen LogP contribution is 2.37. The van der Waals surface area contributed by atoms with Crippen molar-refractivity contribution >= 4 is 5.91 Å². The fourth-order valence-corrected chi connectivity index (χ4v) is 5.30. The van der Waals surface area contributed by atoms with E-state index in [-0.39, 0.29) is 12.0 Å².